The zero-order chi connectivity index (χ0) is 21.7. The summed E-state index contributed by atoms with van der Waals surface area (Å²) in [6.07, 6.45) is 3.82. The molecule has 0 bridgehead atoms. The quantitative estimate of drug-likeness (QED) is 0.522. The standard InChI is InChI=1S/C23H17F2N3O3/c1-28-19-8-15(12-2-3-12)16(9-20(19)31-23(28)30)13-4-6-14(7-5-13)22(29)27-21-17(24)10-26-11-18(21)25/h4-12H,2-3H2,1H3,(H,26,27,29). The molecule has 1 N–H and O–H groups in total. The third-order valence-corrected chi connectivity index (χ3v) is 5.53. The fraction of sp³-hybridized carbons (Fsp3) is 0.174. The third-order valence-electron chi connectivity index (χ3n) is 5.53. The Balaban J connectivity index is 1.49. The lowest BCUT2D eigenvalue weighted by Gasteiger charge is -2.11. The van der Waals surface area contributed by atoms with E-state index in [1.165, 1.54) is 4.57 Å². The van der Waals surface area contributed by atoms with Crippen molar-refractivity contribution in [2.45, 2.75) is 18.8 Å². The van der Waals surface area contributed by atoms with Crippen LogP contribution in [-0.2, 0) is 7.05 Å². The zero-order valence-corrected chi connectivity index (χ0v) is 16.5. The van der Waals surface area contributed by atoms with E-state index in [2.05, 4.69) is 10.3 Å². The number of anilines is 1. The molecule has 1 fully saturated rings. The number of pyridine rings is 1. The van der Waals surface area contributed by atoms with Crippen molar-refractivity contribution in [2.75, 3.05) is 5.32 Å². The second kappa shape index (κ2) is 7.16. The van der Waals surface area contributed by atoms with E-state index in [9.17, 15) is 18.4 Å². The number of hydrogen-bond acceptors (Lipinski definition) is 4. The van der Waals surface area contributed by atoms with E-state index in [4.69, 9.17) is 4.42 Å². The molecule has 1 aliphatic rings. The second-order valence-corrected chi connectivity index (χ2v) is 7.62. The van der Waals surface area contributed by atoms with Crippen LogP contribution in [0.2, 0.25) is 0 Å². The topological polar surface area (TPSA) is 77.1 Å². The van der Waals surface area contributed by atoms with Crippen LogP contribution >= 0.6 is 0 Å². The fourth-order valence-corrected chi connectivity index (χ4v) is 3.69. The first-order valence-electron chi connectivity index (χ1n) is 9.76. The number of benzene rings is 2. The van der Waals surface area contributed by atoms with Gasteiger partial charge in [0.2, 0.25) is 0 Å². The van der Waals surface area contributed by atoms with Gasteiger partial charge in [-0.05, 0) is 59.7 Å². The minimum atomic E-state index is -0.947. The van der Waals surface area contributed by atoms with Gasteiger partial charge in [-0.3, -0.25) is 14.3 Å². The number of nitrogens with one attached hydrogen (secondary N) is 1. The van der Waals surface area contributed by atoms with E-state index in [1.807, 2.05) is 12.1 Å². The van der Waals surface area contributed by atoms with Gasteiger partial charge >= 0.3 is 5.76 Å². The molecule has 1 aliphatic carbocycles. The summed E-state index contributed by atoms with van der Waals surface area (Å²) in [4.78, 5) is 27.7. The fourth-order valence-electron chi connectivity index (χ4n) is 3.69. The van der Waals surface area contributed by atoms with Crippen LogP contribution in [0.15, 0.2) is 58.0 Å². The summed E-state index contributed by atoms with van der Waals surface area (Å²) in [6.45, 7) is 0. The van der Waals surface area contributed by atoms with Crippen molar-refractivity contribution in [2.24, 2.45) is 7.05 Å². The average Bonchev–Trinajstić information content (AvgIpc) is 3.57. The number of nitrogens with zero attached hydrogens (tertiary/aromatic N) is 2. The molecule has 0 unspecified atom stereocenters. The van der Waals surface area contributed by atoms with Gasteiger partial charge in [0.05, 0.1) is 17.9 Å². The predicted octanol–water partition coefficient (Wildman–Crippen LogP) is 4.60. The SMILES string of the molecule is Cn1c(=O)oc2cc(-c3ccc(C(=O)Nc4c(F)cncc4F)cc3)c(C3CC3)cc21. The van der Waals surface area contributed by atoms with Crippen molar-refractivity contribution in [1.82, 2.24) is 9.55 Å². The molecule has 1 saturated carbocycles. The lowest BCUT2D eigenvalue weighted by Crippen LogP contribution is -2.14. The average molecular weight is 421 g/mol. The van der Waals surface area contributed by atoms with Crippen LogP contribution in [0.1, 0.15) is 34.7 Å². The van der Waals surface area contributed by atoms with E-state index in [1.54, 1.807) is 31.3 Å². The maximum atomic E-state index is 13.7. The molecule has 0 radical (unpaired) electrons. The molecule has 0 atom stereocenters. The van der Waals surface area contributed by atoms with Gasteiger partial charge in [-0.25, -0.2) is 13.6 Å². The molecule has 156 valence electrons. The highest BCUT2D eigenvalue weighted by molar-refractivity contribution is 6.04. The largest absolute Gasteiger partial charge is 0.419 e. The maximum absolute atomic E-state index is 13.7. The Morgan fingerprint density at radius 2 is 1.81 bits per heavy atom. The number of aromatic nitrogens is 2. The van der Waals surface area contributed by atoms with E-state index >= 15 is 0 Å². The Morgan fingerprint density at radius 1 is 1.13 bits per heavy atom. The van der Waals surface area contributed by atoms with E-state index in [0.717, 1.165) is 47.4 Å². The molecule has 2 heterocycles. The Morgan fingerprint density at radius 3 is 2.45 bits per heavy atom. The predicted molar refractivity (Wildman–Crippen MR) is 111 cm³/mol. The first-order chi connectivity index (χ1) is 14.9. The number of fused-ring (bicyclic) bond motifs is 1. The van der Waals surface area contributed by atoms with Crippen LogP contribution in [0.3, 0.4) is 0 Å². The number of aryl methyl sites for hydroxylation is 1. The van der Waals surface area contributed by atoms with E-state index in [0.29, 0.717) is 11.5 Å². The van der Waals surface area contributed by atoms with Crippen molar-refractivity contribution in [3.8, 4) is 11.1 Å². The maximum Gasteiger partial charge on any atom is 0.419 e. The number of carbonyl (C=O) groups excluding carboxylic acids is 1. The molecule has 6 nitrogen and oxygen atoms in total. The van der Waals surface area contributed by atoms with Gasteiger partial charge in [0, 0.05) is 12.6 Å². The number of rotatable bonds is 4. The lowest BCUT2D eigenvalue weighted by molar-refractivity contribution is 0.102. The number of hydrogen-bond donors (Lipinski definition) is 1. The molecule has 0 aliphatic heterocycles. The normalized spacial score (nSPS) is 13.5. The highest BCUT2D eigenvalue weighted by atomic mass is 19.1. The molecule has 2 aromatic carbocycles. The van der Waals surface area contributed by atoms with Crippen LogP contribution < -0.4 is 11.1 Å². The molecule has 2 aromatic heterocycles. The molecular weight excluding hydrogens is 404 g/mol. The van der Waals surface area contributed by atoms with Crippen LogP contribution in [0, 0.1) is 11.6 Å². The van der Waals surface area contributed by atoms with Gasteiger partial charge in [0.1, 0.15) is 5.69 Å². The Kier molecular flexibility index (Phi) is 4.43. The van der Waals surface area contributed by atoms with Gasteiger partial charge in [-0.15, -0.1) is 0 Å². The zero-order valence-electron chi connectivity index (χ0n) is 16.5. The van der Waals surface area contributed by atoms with Gasteiger partial charge in [0.15, 0.2) is 17.2 Å². The minimum Gasteiger partial charge on any atom is -0.408 e. The van der Waals surface area contributed by atoms with Crippen LogP contribution in [-0.4, -0.2) is 15.5 Å². The highest BCUT2D eigenvalue weighted by Gasteiger charge is 2.28. The molecule has 0 spiro atoms. The first-order valence-corrected chi connectivity index (χ1v) is 9.76. The Labute approximate surface area is 175 Å². The van der Waals surface area contributed by atoms with E-state index in [-0.39, 0.29) is 5.56 Å². The number of carbonyl (C=O) groups is 1. The monoisotopic (exact) mass is 421 g/mol. The van der Waals surface area contributed by atoms with Crippen molar-refractivity contribution in [3.63, 3.8) is 0 Å². The summed E-state index contributed by atoms with van der Waals surface area (Å²) < 4.78 is 34.3. The molecule has 4 aromatic rings. The van der Waals surface area contributed by atoms with Gasteiger partial charge in [0.25, 0.3) is 5.91 Å². The third kappa shape index (κ3) is 3.39. The molecular formula is C23H17F2N3O3. The molecule has 0 saturated heterocycles. The Hall–Kier alpha value is -3.81. The number of halogens is 2. The van der Waals surface area contributed by atoms with Crippen molar-refractivity contribution >= 4 is 22.7 Å². The van der Waals surface area contributed by atoms with Crippen molar-refractivity contribution < 1.29 is 18.0 Å². The molecule has 5 rings (SSSR count). The summed E-state index contributed by atoms with van der Waals surface area (Å²) >= 11 is 0. The minimum absolute atomic E-state index is 0.250. The second-order valence-electron chi connectivity index (χ2n) is 7.62. The molecule has 31 heavy (non-hydrogen) atoms. The van der Waals surface area contributed by atoms with E-state index < -0.39 is 29.0 Å². The highest BCUT2D eigenvalue weighted by Crippen LogP contribution is 2.45. The summed E-state index contributed by atoms with van der Waals surface area (Å²) in [5.41, 5.74) is 3.87. The first kappa shape index (κ1) is 19.2. The summed E-state index contributed by atoms with van der Waals surface area (Å²) in [7, 11) is 1.67. The lowest BCUT2D eigenvalue weighted by atomic mass is 9.95. The van der Waals surface area contributed by atoms with Crippen LogP contribution in [0.25, 0.3) is 22.2 Å². The summed E-state index contributed by atoms with van der Waals surface area (Å²) in [6, 6.07) is 10.5. The van der Waals surface area contributed by atoms with Gasteiger partial charge in [-0.1, -0.05) is 12.1 Å². The smallest absolute Gasteiger partial charge is 0.408 e. The van der Waals surface area contributed by atoms with Crippen molar-refractivity contribution in [1.29, 1.82) is 0 Å². The number of oxazole rings is 1. The van der Waals surface area contributed by atoms with Crippen LogP contribution in [0.4, 0.5) is 14.5 Å². The number of amides is 1. The summed E-state index contributed by atoms with van der Waals surface area (Å²) in [5.74, 6) is -2.53. The van der Waals surface area contributed by atoms with Gasteiger partial charge in [-0.2, -0.15) is 0 Å². The van der Waals surface area contributed by atoms with Crippen molar-refractivity contribution in [3.05, 3.63) is 82.1 Å². The van der Waals surface area contributed by atoms with Gasteiger partial charge < -0.3 is 9.73 Å². The molecule has 8 heteroatoms. The summed E-state index contributed by atoms with van der Waals surface area (Å²) in [5, 5.41) is 2.25. The Bertz CT molecular complexity index is 1370. The molecule has 1 amide bonds. The van der Waals surface area contributed by atoms with Crippen LogP contribution in [0.5, 0.6) is 0 Å².